The number of benzene rings is 1. The number of amides is 1. The Hall–Kier alpha value is -3.03. The van der Waals surface area contributed by atoms with Crippen LogP contribution in [-0.2, 0) is 4.79 Å². The van der Waals surface area contributed by atoms with E-state index in [4.69, 9.17) is 0 Å². The average molecular weight is 295 g/mol. The van der Waals surface area contributed by atoms with Crippen molar-refractivity contribution in [1.82, 2.24) is 25.3 Å². The molecule has 2 aromatic heterocycles. The first-order valence-corrected chi connectivity index (χ1v) is 7.00. The van der Waals surface area contributed by atoms with Gasteiger partial charge >= 0.3 is 0 Å². The number of nitrogens with zero attached hydrogens (tertiary/aromatic N) is 6. The third-order valence-electron chi connectivity index (χ3n) is 3.67. The Kier molecular flexibility index (Phi) is 2.92. The zero-order valence-corrected chi connectivity index (χ0v) is 11.6. The van der Waals surface area contributed by atoms with Crippen LogP contribution in [0.3, 0.4) is 0 Å². The molecule has 1 aromatic carbocycles. The molecular weight excluding hydrogens is 282 g/mol. The maximum Gasteiger partial charge on any atom is 0.249 e. The number of fused-ring (bicyclic) bond motifs is 1. The monoisotopic (exact) mass is 295 g/mol. The fourth-order valence-corrected chi connectivity index (χ4v) is 2.58. The molecule has 1 unspecified atom stereocenters. The van der Waals surface area contributed by atoms with Gasteiger partial charge in [0.2, 0.25) is 5.91 Å². The van der Waals surface area contributed by atoms with Gasteiger partial charge < -0.3 is 10.2 Å². The molecule has 1 aliphatic heterocycles. The summed E-state index contributed by atoms with van der Waals surface area (Å²) in [4.78, 5) is 14.3. The summed E-state index contributed by atoms with van der Waals surface area (Å²) < 4.78 is 1.33. The maximum absolute atomic E-state index is 12.5. The highest BCUT2D eigenvalue weighted by molar-refractivity contribution is 6.00. The Morgan fingerprint density at radius 2 is 2.00 bits per heavy atom. The van der Waals surface area contributed by atoms with E-state index in [1.165, 1.54) is 4.63 Å². The van der Waals surface area contributed by atoms with Gasteiger partial charge in [-0.3, -0.25) is 4.79 Å². The van der Waals surface area contributed by atoms with Crippen LogP contribution in [0.2, 0.25) is 0 Å². The molecule has 0 aliphatic carbocycles. The molecule has 1 N–H and O–H groups in total. The highest BCUT2D eigenvalue weighted by Crippen LogP contribution is 2.22. The molecule has 1 saturated heterocycles. The van der Waals surface area contributed by atoms with Gasteiger partial charge in [-0.1, -0.05) is 18.2 Å². The van der Waals surface area contributed by atoms with Crippen molar-refractivity contribution in [3.05, 3.63) is 42.5 Å². The number of hydrogen-bond donors (Lipinski definition) is 1. The minimum atomic E-state index is -0.290. The molecule has 3 heterocycles. The molecule has 22 heavy (non-hydrogen) atoms. The number of nitrogens with one attached hydrogen (secondary N) is 1. The molecule has 8 nitrogen and oxygen atoms in total. The normalized spacial score (nSPS) is 18.1. The van der Waals surface area contributed by atoms with Crippen LogP contribution in [0.5, 0.6) is 0 Å². The standard InChI is InChI=1S/C14H13N7O/c22-14-11(8-9-20(14)10-4-2-1-3-5-10)15-12-6-7-13-16-18-19-21(13)17-12/h1-7,11H,8-9H2,(H,15,17). The van der Waals surface area contributed by atoms with Crippen molar-refractivity contribution in [3.8, 4) is 0 Å². The van der Waals surface area contributed by atoms with Crippen molar-refractivity contribution in [2.24, 2.45) is 0 Å². The Morgan fingerprint density at radius 3 is 2.86 bits per heavy atom. The van der Waals surface area contributed by atoms with Crippen molar-refractivity contribution < 1.29 is 4.79 Å². The van der Waals surface area contributed by atoms with E-state index in [2.05, 4.69) is 25.9 Å². The Balaban J connectivity index is 1.53. The fraction of sp³-hybridized carbons (Fsp3) is 0.214. The van der Waals surface area contributed by atoms with E-state index in [1.54, 1.807) is 17.0 Å². The first-order valence-electron chi connectivity index (χ1n) is 7.00. The molecule has 0 bridgehead atoms. The van der Waals surface area contributed by atoms with Gasteiger partial charge in [-0.05, 0) is 41.1 Å². The SMILES string of the molecule is O=C1C(Nc2ccc3nnnn3n2)CCN1c1ccccc1. The van der Waals surface area contributed by atoms with Crippen molar-refractivity contribution in [2.75, 3.05) is 16.8 Å². The van der Waals surface area contributed by atoms with Crippen LogP contribution in [0, 0.1) is 0 Å². The smallest absolute Gasteiger partial charge is 0.249 e. The van der Waals surface area contributed by atoms with Gasteiger partial charge in [-0.15, -0.1) is 14.8 Å². The van der Waals surface area contributed by atoms with Crippen molar-refractivity contribution in [2.45, 2.75) is 12.5 Å². The van der Waals surface area contributed by atoms with E-state index in [1.807, 2.05) is 30.3 Å². The second-order valence-electron chi connectivity index (χ2n) is 5.06. The second-order valence-corrected chi connectivity index (χ2v) is 5.06. The zero-order valence-electron chi connectivity index (χ0n) is 11.6. The first kappa shape index (κ1) is 12.7. The van der Waals surface area contributed by atoms with E-state index in [-0.39, 0.29) is 11.9 Å². The van der Waals surface area contributed by atoms with Gasteiger partial charge in [0.25, 0.3) is 0 Å². The number of aromatic nitrogens is 5. The lowest BCUT2D eigenvalue weighted by Crippen LogP contribution is -2.33. The van der Waals surface area contributed by atoms with Gasteiger partial charge in [0, 0.05) is 12.2 Å². The first-order chi connectivity index (χ1) is 10.8. The maximum atomic E-state index is 12.5. The number of tetrazole rings is 1. The summed E-state index contributed by atoms with van der Waals surface area (Å²) in [5.41, 5.74) is 1.48. The molecule has 3 aromatic rings. The van der Waals surface area contributed by atoms with E-state index in [0.29, 0.717) is 18.0 Å². The summed E-state index contributed by atoms with van der Waals surface area (Å²) in [7, 11) is 0. The summed E-state index contributed by atoms with van der Waals surface area (Å²) in [6, 6.07) is 12.9. The molecule has 0 saturated carbocycles. The number of para-hydroxylation sites is 1. The minimum absolute atomic E-state index is 0.0461. The Bertz CT molecular complexity index is 816. The minimum Gasteiger partial charge on any atom is -0.357 e. The lowest BCUT2D eigenvalue weighted by atomic mass is 10.2. The molecule has 1 fully saturated rings. The second kappa shape index (κ2) is 5.06. The largest absolute Gasteiger partial charge is 0.357 e. The molecule has 1 atom stereocenters. The molecule has 110 valence electrons. The van der Waals surface area contributed by atoms with Crippen LogP contribution < -0.4 is 10.2 Å². The third-order valence-corrected chi connectivity index (χ3v) is 3.67. The lowest BCUT2D eigenvalue weighted by molar-refractivity contribution is -0.117. The van der Waals surface area contributed by atoms with Crippen molar-refractivity contribution in [3.63, 3.8) is 0 Å². The fourth-order valence-electron chi connectivity index (χ4n) is 2.58. The highest BCUT2D eigenvalue weighted by Gasteiger charge is 2.32. The van der Waals surface area contributed by atoms with Crippen molar-refractivity contribution in [1.29, 1.82) is 0 Å². The predicted octanol–water partition coefficient (Wildman–Crippen LogP) is 0.737. The molecule has 0 spiro atoms. The van der Waals surface area contributed by atoms with E-state index in [0.717, 1.165) is 12.1 Å². The molecule has 8 heteroatoms. The van der Waals surface area contributed by atoms with Gasteiger partial charge in [-0.2, -0.15) is 0 Å². The molecule has 0 radical (unpaired) electrons. The summed E-state index contributed by atoms with van der Waals surface area (Å²) in [6.45, 7) is 0.688. The van der Waals surface area contributed by atoms with E-state index in [9.17, 15) is 4.79 Å². The summed E-state index contributed by atoms with van der Waals surface area (Å²) in [5, 5.41) is 18.5. The molecule has 4 rings (SSSR count). The predicted molar refractivity (Wildman–Crippen MR) is 79.4 cm³/mol. The van der Waals surface area contributed by atoms with Crippen LogP contribution in [0.4, 0.5) is 11.5 Å². The summed E-state index contributed by atoms with van der Waals surface area (Å²) >= 11 is 0. The lowest BCUT2D eigenvalue weighted by Gasteiger charge is -2.17. The third kappa shape index (κ3) is 2.14. The number of anilines is 2. The van der Waals surface area contributed by atoms with Gasteiger partial charge in [0.1, 0.15) is 11.9 Å². The van der Waals surface area contributed by atoms with Gasteiger partial charge in [0.15, 0.2) is 5.65 Å². The highest BCUT2D eigenvalue weighted by atomic mass is 16.2. The quantitative estimate of drug-likeness (QED) is 0.766. The number of carbonyl (C=O) groups excluding carboxylic acids is 1. The van der Waals surface area contributed by atoms with E-state index < -0.39 is 0 Å². The van der Waals surface area contributed by atoms with Gasteiger partial charge in [0.05, 0.1) is 0 Å². The number of hydrogen-bond acceptors (Lipinski definition) is 6. The molecular formula is C14H13N7O. The molecule has 1 amide bonds. The van der Waals surface area contributed by atoms with Crippen LogP contribution in [-0.4, -0.2) is 43.7 Å². The average Bonchev–Trinajstić information content (AvgIpc) is 3.15. The summed E-state index contributed by atoms with van der Waals surface area (Å²) in [5.74, 6) is 0.623. The van der Waals surface area contributed by atoms with Crippen molar-refractivity contribution >= 4 is 23.1 Å². The Morgan fingerprint density at radius 1 is 1.14 bits per heavy atom. The van der Waals surface area contributed by atoms with Crippen LogP contribution in [0.15, 0.2) is 42.5 Å². The molecule has 1 aliphatic rings. The van der Waals surface area contributed by atoms with Crippen LogP contribution in [0.1, 0.15) is 6.42 Å². The zero-order chi connectivity index (χ0) is 14.9. The number of carbonyl (C=O) groups is 1. The van der Waals surface area contributed by atoms with Gasteiger partial charge in [-0.25, -0.2) is 0 Å². The summed E-state index contributed by atoms with van der Waals surface area (Å²) in [6.07, 6.45) is 0.725. The van der Waals surface area contributed by atoms with Crippen LogP contribution in [0.25, 0.3) is 5.65 Å². The topological polar surface area (TPSA) is 88.3 Å². The Labute approximate surface area is 125 Å². The number of rotatable bonds is 3. The van der Waals surface area contributed by atoms with Crippen LogP contribution >= 0.6 is 0 Å². The van der Waals surface area contributed by atoms with E-state index >= 15 is 0 Å².